The molecule has 2 heterocycles. The molecule has 0 unspecified atom stereocenters. The summed E-state index contributed by atoms with van der Waals surface area (Å²) in [7, 11) is 0. The molecule has 2 aromatic carbocycles. The first-order valence-electron chi connectivity index (χ1n) is 14.8. The van der Waals surface area contributed by atoms with Gasteiger partial charge in [-0.2, -0.15) is 0 Å². The molecule has 1 saturated heterocycles. The quantitative estimate of drug-likeness (QED) is 0.299. The van der Waals surface area contributed by atoms with Crippen molar-refractivity contribution >= 4 is 11.8 Å². The van der Waals surface area contributed by atoms with Crippen molar-refractivity contribution in [3.05, 3.63) is 95.8 Å². The van der Waals surface area contributed by atoms with E-state index < -0.39 is 6.04 Å². The fourth-order valence-electron chi connectivity index (χ4n) is 4.96. The Morgan fingerprint density at radius 3 is 2.07 bits per heavy atom. The minimum atomic E-state index is -0.665. The predicted molar refractivity (Wildman–Crippen MR) is 164 cm³/mol. The monoisotopic (exact) mass is 559 g/mol. The predicted octanol–water partition coefficient (Wildman–Crippen LogP) is 1.22. The molecule has 1 fully saturated rings. The highest BCUT2D eigenvalue weighted by atomic mass is 16.2. The maximum atomic E-state index is 13.4. The molecule has 220 valence electrons. The maximum Gasteiger partial charge on any atom is 0.249 e. The van der Waals surface area contributed by atoms with E-state index in [0.717, 1.165) is 70.0 Å². The molecule has 0 bridgehead atoms. The Labute approximate surface area is 244 Å². The van der Waals surface area contributed by atoms with E-state index in [2.05, 4.69) is 43.6 Å². The Hall–Kier alpha value is -3.50. The summed E-state index contributed by atoms with van der Waals surface area (Å²) in [5.41, 5.74) is 2.81. The van der Waals surface area contributed by atoms with Crippen LogP contribution >= 0.6 is 0 Å². The molecule has 4 rings (SSSR count). The van der Waals surface area contributed by atoms with Gasteiger partial charge in [0.15, 0.2) is 0 Å². The Bertz CT molecular complexity index is 1110. The van der Waals surface area contributed by atoms with E-state index in [1.54, 1.807) is 0 Å². The Balaban J connectivity index is 1.33. The SMILES string of the molecule is O=C(N[C@@H](Cc1ccccc1)C(=O)NCCN1CCNCCNCCNCC1)C1=CN(Cc2ccccc2)C=CC1. The summed E-state index contributed by atoms with van der Waals surface area (Å²) >= 11 is 0. The number of rotatable bonds is 10. The highest BCUT2D eigenvalue weighted by molar-refractivity contribution is 5.97. The van der Waals surface area contributed by atoms with Gasteiger partial charge in [-0.1, -0.05) is 66.7 Å². The number of carbonyl (C=O) groups excluding carboxylic acids is 2. The van der Waals surface area contributed by atoms with E-state index in [-0.39, 0.29) is 11.8 Å². The van der Waals surface area contributed by atoms with Crippen molar-refractivity contribution in [2.75, 3.05) is 65.4 Å². The van der Waals surface area contributed by atoms with Gasteiger partial charge in [0.1, 0.15) is 6.04 Å². The zero-order chi connectivity index (χ0) is 28.5. The molecule has 5 N–H and O–H groups in total. The minimum absolute atomic E-state index is 0.160. The van der Waals surface area contributed by atoms with E-state index in [1.807, 2.05) is 71.9 Å². The number of hydrogen-bond acceptors (Lipinski definition) is 7. The first kappa shape index (κ1) is 30.5. The molecule has 9 nitrogen and oxygen atoms in total. The van der Waals surface area contributed by atoms with Crippen LogP contribution in [0.1, 0.15) is 17.5 Å². The average molecular weight is 560 g/mol. The summed E-state index contributed by atoms with van der Waals surface area (Å²) in [4.78, 5) is 31.1. The molecule has 9 heteroatoms. The van der Waals surface area contributed by atoms with Crippen LogP contribution in [0, 0.1) is 0 Å². The number of carbonyl (C=O) groups is 2. The van der Waals surface area contributed by atoms with Crippen molar-refractivity contribution in [3.8, 4) is 0 Å². The molecule has 41 heavy (non-hydrogen) atoms. The number of allylic oxidation sites excluding steroid dienone is 1. The Morgan fingerprint density at radius 1 is 0.805 bits per heavy atom. The largest absolute Gasteiger partial charge is 0.353 e. The van der Waals surface area contributed by atoms with E-state index >= 15 is 0 Å². The third-order valence-corrected chi connectivity index (χ3v) is 7.25. The van der Waals surface area contributed by atoms with Crippen LogP contribution in [0.15, 0.2) is 84.7 Å². The van der Waals surface area contributed by atoms with E-state index in [4.69, 9.17) is 0 Å². The van der Waals surface area contributed by atoms with Crippen molar-refractivity contribution in [2.24, 2.45) is 0 Å². The number of nitrogens with zero attached hydrogens (tertiary/aromatic N) is 2. The molecule has 0 radical (unpaired) electrons. The van der Waals surface area contributed by atoms with Gasteiger partial charge >= 0.3 is 0 Å². The van der Waals surface area contributed by atoms with Gasteiger partial charge in [-0.25, -0.2) is 0 Å². The van der Waals surface area contributed by atoms with Gasteiger partial charge in [0.05, 0.1) is 0 Å². The number of benzene rings is 2. The van der Waals surface area contributed by atoms with Crippen LogP contribution in [-0.2, 0) is 22.6 Å². The van der Waals surface area contributed by atoms with Gasteiger partial charge in [-0.3, -0.25) is 14.5 Å². The molecule has 2 amide bonds. The Kier molecular flexibility index (Phi) is 12.9. The maximum absolute atomic E-state index is 13.4. The zero-order valence-electron chi connectivity index (χ0n) is 24.0. The smallest absolute Gasteiger partial charge is 0.249 e. The molecule has 2 aliphatic rings. The topological polar surface area (TPSA) is 101 Å². The van der Waals surface area contributed by atoms with Crippen molar-refractivity contribution in [2.45, 2.75) is 25.4 Å². The second kappa shape index (κ2) is 17.3. The molecule has 0 aliphatic carbocycles. The van der Waals surface area contributed by atoms with E-state index in [9.17, 15) is 9.59 Å². The lowest BCUT2D eigenvalue weighted by Crippen LogP contribution is -2.50. The van der Waals surface area contributed by atoms with Crippen LogP contribution in [0.5, 0.6) is 0 Å². The fraction of sp³-hybridized carbons (Fsp3) is 0.438. The lowest BCUT2D eigenvalue weighted by molar-refractivity contribution is -0.127. The van der Waals surface area contributed by atoms with Crippen molar-refractivity contribution in [1.82, 2.24) is 36.4 Å². The summed E-state index contributed by atoms with van der Waals surface area (Å²) in [6, 6.07) is 19.3. The van der Waals surface area contributed by atoms with Crippen molar-refractivity contribution in [1.29, 1.82) is 0 Å². The number of hydrogen-bond donors (Lipinski definition) is 5. The summed E-state index contributed by atoms with van der Waals surface area (Å²) in [5, 5.41) is 16.5. The van der Waals surface area contributed by atoms with Crippen LogP contribution in [0.25, 0.3) is 0 Å². The molecule has 0 aromatic heterocycles. The average Bonchev–Trinajstić information content (AvgIpc) is 2.99. The van der Waals surface area contributed by atoms with Crippen LogP contribution in [0.3, 0.4) is 0 Å². The van der Waals surface area contributed by atoms with E-state index in [1.165, 1.54) is 0 Å². The summed E-state index contributed by atoms with van der Waals surface area (Å²) in [6.45, 7) is 9.44. The molecular formula is C32H45N7O2. The molecule has 0 saturated carbocycles. The molecule has 2 aromatic rings. The van der Waals surface area contributed by atoms with Gasteiger partial charge in [0, 0.05) is 96.4 Å². The molecular weight excluding hydrogens is 514 g/mol. The normalized spacial score (nSPS) is 18.0. The fourth-order valence-corrected chi connectivity index (χ4v) is 4.96. The van der Waals surface area contributed by atoms with E-state index in [0.29, 0.717) is 31.5 Å². The third-order valence-electron chi connectivity index (χ3n) is 7.25. The second-order valence-corrected chi connectivity index (χ2v) is 10.5. The lowest BCUT2D eigenvalue weighted by atomic mass is 10.0. The van der Waals surface area contributed by atoms with Gasteiger partial charge in [-0.05, 0) is 17.5 Å². The van der Waals surface area contributed by atoms with Gasteiger partial charge in [0.25, 0.3) is 0 Å². The van der Waals surface area contributed by atoms with Gasteiger partial charge in [-0.15, -0.1) is 0 Å². The minimum Gasteiger partial charge on any atom is -0.353 e. The first-order valence-corrected chi connectivity index (χ1v) is 14.8. The highest BCUT2D eigenvalue weighted by Gasteiger charge is 2.24. The van der Waals surface area contributed by atoms with Crippen LogP contribution < -0.4 is 26.6 Å². The van der Waals surface area contributed by atoms with Crippen molar-refractivity contribution in [3.63, 3.8) is 0 Å². The molecule has 1 atom stereocenters. The summed E-state index contributed by atoms with van der Waals surface area (Å²) in [6.07, 6.45) is 6.83. The van der Waals surface area contributed by atoms with Crippen molar-refractivity contribution < 1.29 is 9.59 Å². The van der Waals surface area contributed by atoms with Crippen LogP contribution in [-0.4, -0.2) is 93.1 Å². The van der Waals surface area contributed by atoms with Gasteiger partial charge < -0.3 is 31.5 Å². The zero-order valence-corrected chi connectivity index (χ0v) is 24.0. The molecule has 0 spiro atoms. The number of amides is 2. The Morgan fingerprint density at radius 2 is 1.41 bits per heavy atom. The van der Waals surface area contributed by atoms with Crippen LogP contribution in [0.4, 0.5) is 0 Å². The lowest BCUT2D eigenvalue weighted by Gasteiger charge is -2.25. The molecule has 2 aliphatic heterocycles. The summed E-state index contributed by atoms with van der Waals surface area (Å²) < 4.78 is 0. The standard InChI is InChI=1S/C32H45N7O2/c40-31(29-12-7-20-39(26-29)25-28-10-5-2-6-11-28)37-30(24-27-8-3-1-4-9-27)32(41)36-19-23-38-21-17-34-15-13-33-14-16-35-18-22-38/h1-11,20,26,30,33-35H,12-19,21-25H2,(H,36,41)(H,37,40)/t30-/m0/s1. The third kappa shape index (κ3) is 11.1. The highest BCUT2D eigenvalue weighted by Crippen LogP contribution is 2.16. The van der Waals surface area contributed by atoms with Gasteiger partial charge in [0.2, 0.25) is 11.8 Å². The second-order valence-electron chi connectivity index (χ2n) is 10.5. The number of nitrogens with one attached hydrogen (secondary N) is 5. The first-order chi connectivity index (χ1) is 20.2. The summed E-state index contributed by atoms with van der Waals surface area (Å²) in [5.74, 6) is -0.370. The van der Waals surface area contributed by atoms with Crippen LogP contribution in [0.2, 0.25) is 0 Å².